The molecule has 1 saturated heterocycles. The number of nitrogens with one attached hydrogen (secondary N) is 2. The van der Waals surface area contributed by atoms with Crippen molar-refractivity contribution in [2.45, 2.75) is 26.3 Å². The number of H-pyrrole nitrogens is 1. The van der Waals surface area contributed by atoms with Gasteiger partial charge in [-0.05, 0) is 41.7 Å². The summed E-state index contributed by atoms with van der Waals surface area (Å²) in [5.41, 5.74) is 5.35. The Labute approximate surface area is 183 Å². The Balaban J connectivity index is 1.34. The highest BCUT2D eigenvalue weighted by atomic mass is 32.2. The molecule has 1 aliphatic rings. The van der Waals surface area contributed by atoms with Gasteiger partial charge in [0.15, 0.2) is 9.84 Å². The van der Waals surface area contributed by atoms with Crippen molar-refractivity contribution in [3.05, 3.63) is 70.9 Å². The van der Waals surface area contributed by atoms with E-state index in [1.807, 2.05) is 30.5 Å². The van der Waals surface area contributed by atoms with Crippen LogP contribution in [0.2, 0.25) is 0 Å². The molecule has 31 heavy (non-hydrogen) atoms. The molecule has 3 aromatic rings. The monoisotopic (exact) mass is 439 g/mol. The fourth-order valence-corrected chi connectivity index (χ4v) is 5.44. The van der Waals surface area contributed by atoms with Gasteiger partial charge in [-0.25, -0.2) is 8.42 Å². The van der Waals surface area contributed by atoms with Crippen molar-refractivity contribution in [3.63, 3.8) is 0 Å². The molecule has 1 aliphatic heterocycles. The normalized spacial score (nSPS) is 16.4. The van der Waals surface area contributed by atoms with Crippen molar-refractivity contribution in [1.29, 1.82) is 0 Å². The van der Waals surface area contributed by atoms with Gasteiger partial charge < -0.3 is 10.3 Å². The molecule has 1 fully saturated rings. The summed E-state index contributed by atoms with van der Waals surface area (Å²) in [5, 5.41) is 4.25. The first-order chi connectivity index (χ1) is 14.9. The minimum atomic E-state index is -2.88. The van der Waals surface area contributed by atoms with Crippen LogP contribution in [0.15, 0.2) is 48.7 Å². The third-order valence-electron chi connectivity index (χ3n) is 5.98. The first-order valence-corrected chi connectivity index (χ1v) is 12.6. The van der Waals surface area contributed by atoms with Gasteiger partial charge in [0.2, 0.25) is 0 Å². The van der Waals surface area contributed by atoms with Crippen LogP contribution >= 0.6 is 0 Å². The Morgan fingerprint density at radius 2 is 1.87 bits per heavy atom. The lowest BCUT2D eigenvalue weighted by atomic mass is 10.1. The Hall–Kier alpha value is -2.64. The smallest absolute Gasteiger partial charge is 0.251 e. The molecule has 2 aromatic carbocycles. The van der Waals surface area contributed by atoms with E-state index in [4.69, 9.17) is 0 Å². The van der Waals surface area contributed by atoms with E-state index in [0.717, 1.165) is 18.4 Å². The third-order valence-corrected chi connectivity index (χ3v) is 7.59. The van der Waals surface area contributed by atoms with Crippen LogP contribution in [-0.2, 0) is 29.2 Å². The van der Waals surface area contributed by atoms with Gasteiger partial charge in [-0.15, -0.1) is 0 Å². The van der Waals surface area contributed by atoms with E-state index in [0.29, 0.717) is 31.7 Å². The summed E-state index contributed by atoms with van der Waals surface area (Å²) < 4.78 is 23.2. The van der Waals surface area contributed by atoms with Gasteiger partial charge in [-0.2, -0.15) is 0 Å². The third kappa shape index (κ3) is 5.17. The van der Waals surface area contributed by atoms with E-state index >= 15 is 0 Å². The summed E-state index contributed by atoms with van der Waals surface area (Å²) in [6, 6.07) is 13.9. The summed E-state index contributed by atoms with van der Waals surface area (Å²) >= 11 is 0. The average Bonchev–Trinajstić information content (AvgIpc) is 3.18. The number of carbonyl (C=O) groups excluding carboxylic acids is 1. The number of aromatic amines is 1. The second kappa shape index (κ2) is 9.24. The maximum atomic E-state index is 12.7. The Kier molecular flexibility index (Phi) is 6.43. The van der Waals surface area contributed by atoms with E-state index < -0.39 is 9.84 Å². The molecule has 1 amide bonds. The van der Waals surface area contributed by atoms with Crippen LogP contribution in [-0.4, -0.2) is 55.3 Å². The molecule has 2 heterocycles. The molecule has 7 heteroatoms. The molecule has 0 bridgehead atoms. The maximum Gasteiger partial charge on any atom is 0.251 e. The number of aromatic nitrogens is 1. The molecule has 0 radical (unpaired) electrons. The van der Waals surface area contributed by atoms with Crippen molar-refractivity contribution in [3.8, 4) is 0 Å². The van der Waals surface area contributed by atoms with E-state index in [2.05, 4.69) is 40.3 Å². The summed E-state index contributed by atoms with van der Waals surface area (Å²) in [4.78, 5) is 18.2. The lowest BCUT2D eigenvalue weighted by Crippen LogP contribution is -2.39. The number of aryl methyl sites for hydroxylation is 1. The van der Waals surface area contributed by atoms with Crippen LogP contribution < -0.4 is 5.32 Å². The number of hydrogen-bond donors (Lipinski definition) is 2. The second-order valence-electron chi connectivity index (χ2n) is 8.14. The van der Waals surface area contributed by atoms with Crippen molar-refractivity contribution >= 4 is 26.6 Å². The van der Waals surface area contributed by atoms with Gasteiger partial charge >= 0.3 is 0 Å². The molecule has 0 atom stereocenters. The van der Waals surface area contributed by atoms with E-state index in [-0.39, 0.29) is 17.4 Å². The standard InChI is InChI=1S/C24H29N3O3S/c1-2-19-6-4-8-22-21(16-26-23(19)22)9-10-25-24(28)20-7-3-5-18(15-20)17-27-11-13-31(29,30)14-12-27/h3-8,15-16,26H,2,9-14,17H2,1H3,(H,25,28). The zero-order valence-corrected chi connectivity index (χ0v) is 18.7. The van der Waals surface area contributed by atoms with Crippen molar-refractivity contribution in [2.24, 2.45) is 0 Å². The molecule has 6 nitrogen and oxygen atoms in total. The molecule has 164 valence electrons. The maximum absolute atomic E-state index is 12.7. The SMILES string of the molecule is CCc1cccc2c(CCNC(=O)c3cccc(CN4CCS(=O)(=O)CC4)c3)c[nH]c12. The van der Waals surface area contributed by atoms with Gasteiger partial charge in [0.05, 0.1) is 11.5 Å². The number of amides is 1. The first-order valence-electron chi connectivity index (χ1n) is 10.8. The Morgan fingerprint density at radius 1 is 1.10 bits per heavy atom. The topological polar surface area (TPSA) is 82.3 Å². The van der Waals surface area contributed by atoms with Crippen molar-refractivity contribution in [1.82, 2.24) is 15.2 Å². The minimum Gasteiger partial charge on any atom is -0.361 e. The number of fused-ring (bicyclic) bond motifs is 1. The molecule has 1 aromatic heterocycles. The van der Waals surface area contributed by atoms with E-state index in [1.54, 1.807) is 0 Å². The fraction of sp³-hybridized carbons (Fsp3) is 0.375. The summed E-state index contributed by atoms with van der Waals surface area (Å²) in [6.07, 6.45) is 3.79. The number of rotatable bonds is 7. The molecule has 4 rings (SSSR count). The van der Waals surface area contributed by atoms with Gasteiger partial charge in [-0.3, -0.25) is 9.69 Å². The highest BCUT2D eigenvalue weighted by Gasteiger charge is 2.21. The van der Waals surface area contributed by atoms with Crippen LogP contribution in [0.1, 0.15) is 34.0 Å². The molecule has 0 spiro atoms. The lowest BCUT2D eigenvalue weighted by Gasteiger charge is -2.26. The zero-order chi connectivity index (χ0) is 21.8. The summed E-state index contributed by atoms with van der Waals surface area (Å²) in [7, 11) is -2.88. The van der Waals surface area contributed by atoms with Crippen molar-refractivity contribution < 1.29 is 13.2 Å². The van der Waals surface area contributed by atoms with Crippen molar-refractivity contribution in [2.75, 3.05) is 31.1 Å². The molecular formula is C24H29N3O3S. The Bertz CT molecular complexity index is 1170. The fourth-order valence-electron chi connectivity index (χ4n) is 4.17. The van der Waals surface area contributed by atoms with Gasteiger partial charge in [0.1, 0.15) is 0 Å². The molecule has 2 N–H and O–H groups in total. The molecule has 0 aliphatic carbocycles. The van der Waals surface area contributed by atoms with Gasteiger partial charge in [-0.1, -0.05) is 37.3 Å². The quantitative estimate of drug-likeness (QED) is 0.593. The van der Waals surface area contributed by atoms with Crippen LogP contribution in [0.3, 0.4) is 0 Å². The lowest BCUT2D eigenvalue weighted by molar-refractivity contribution is 0.0954. The van der Waals surface area contributed by atoms with Gasteiger partial charge in [0, 0.05) is 48.8 Å². The number of sulfone groups is 1. The average molecular weight is 440 g/mol. The highest BCUT2D eigenvalue weighted by Crippen LogP contribution is 2.22. The van der Waals surface area contributed by atoms with Crippen LogP contribution in [0.25, 0.3) is 10.9 Å². The zero-order valence-electron chi connectivity index (χ0n) is 17.9. The van der Waals surface area contributed by atoms with E-state index in [9.17, 15) is 13.2 Å². The Morgan fingerprint density at radius 3 is 2.65 bits per heavy atom. The largest absolute Gasteiger partial charge is 0.361 e. The van der Waals surface area contributed by atoms with Gasteiger partial charge in [0.25, 0.3) is 5.91 Å². The number of para-hydroxylation sites is 1. The van der Waals surface area contributed by atoms with Crippen LogP contribution in [0, 0.1) is 0 Å². The highest BCUT2D eigenvalue weighted by molar-refractivity contribution is 7.91. The minimum absolute atomic E-state index is 0.0860. The predicted octanol–water partition coefficient (Wildman–Crippen LogP) is 2.93. The predicted molar refractivity (Wildman–Crippen MR) is 124 cm³/mol. The number of benzene rings is 2. The first kappa shape index (κ1) is 21.6. The molecule has 0 unspecified atom stereocenters. The summed E-state index contributed by atoms with van der Waals surface area (Å²) in [6.45, 7) is 4.46. The number of carbonyl (C=O) groups is 1. The van der Waals surface area contributed by atoms with Crippen LogP contribution in [0.4, 0.5) is 0 Å². The number of hydrogen-bond acceptors (Lipinski definition) is 4. The molecule has 0 saturated carbocycles. The van der Waals surface area contributed by atoms with E-state index in [1.165, 1.54) is 22.0 Å². The number of nitrogens with zero attached hydrogens (tertiary/aromatic N) is 1. The second-order valence-corrected chi connectivity index (χ2v) is 10.4. The van der Waals surface area contributed by atoms with Crippen LogP contribution in [0.5, 0.6) is 0 Å². The summed E-state index contributed by atoms with van der Waals surface area (Å²) in [5.74, 6) is 0.332. The molecular weight excluding hydrogens is 410 g/mol.